The van der Waals surface area contributed by atoms with Crippen molar-refractivity contribution in [2.45, 2.75) is 19.8 Å². The van der Waals surface area contributed by atoms with Gasteiger partial charge in [0.1, 0.15) is 5.78 Å². The van der Waals surface area contributed by atoms with Gasteiger partial charge < -0.3 is 4.79 Å². The van der Waals surface area contributed by atoms with Crippen LogP contribution in [0.1, 0.15) is 25.3 Å². The number of hydrogen-bond acceptors (Lipinski definition) is 3. The van der Waals surface area contributed by atoms with E-state index in [0.29, 0.717) is 10.6 Å². The zero-order valence-electron chi connectivity index (χ0n) is 9.35. The molecule has 0 radical (unpaired) electrons. The Morgan fingerprint density at radius 1 is 1.35 bits per heavy atom. The first-order valence-corrected chi connectivity index (χ1v) is 5.47. The highest BCUT2D eigenvalue weighted by atomic mass is 35.5. The molecule has 0 fully saturated rings. The molecule has 90 valence electrons. The minimum atomic E-state index is -0.461. The lowest BCUT2D eigenvalue weighted by Crippen LogP contribution is -2.01. The van der Waals surface area contributed by atoms with Crippen LogP contribution in [0.2, 0.25) is 5.02 Å². The zero-order chi connectivity index (χ0) is 12.8. The van der Waals surface area contributed by atoms with E-state index in [2.05, 4.69) is 0 Å². The van der Waals surface area contributed by atoms with E-state index in [0.717, 1.165) is 0 Å². The lowest BCUT2D eigenvalue weighted by molar-refractivity contribution is -0.426. The second-order valence-corrected chi connectivity index (χ2v) is 4.08. The quantitative estimate of drug-likeness (QED) is 0.597. The first-order chi connectivity index (χ1) is 7.99. The van der Waals surface area contributed by atoms with Crippen LogP contribution in [0.25, 0.3) is 6.08 Å². The Morgan fingerprint density at radius 3 is 2.41 bits per heavy atom. The molecule has 1 rings (SSSR count). The number of carbonyl (C=O) groups is 1. The highest BCUT2D eigenvalue weighted by molar-refractivity contribution is 6.30. The molecule has 0 spiro atoms. The van der Waals surface area contributed by atoms with Crippen molar-refractivity contribution in [1.29, 1.82) is 0 Å². The molecule has 0 N–H and O–H groups in total. The molecular formula is C12H12ClNO3. The number of ketones is 1. The fourth-order valence-electron chi connectivity index (χ4n) is 1.27. The van der Waals surface area contributed by atoms with Crippen LogP contribution in [-0.2, 0) is 4.79 Å². The molecule has 4 nitrogen and oxygen atoms in total. The van der Waals surface area contributed by atoms with Crippen LogP contribution < -0.4 is 0 Å². The predicted molar refractivity (Wildman–Crippen MR) is 66.3 cm³/mol. The van der Waals surface area contributed by atoms with E-state index in [1.165, 1.54) is 13.0 Å². The summed E-state index contributed by atoms with van der Waals surface area (Å²) in [7, 11) is 0. The molecule has 0 aliphatic heterocycles. The molecule has 0 saturated heterocycles. The minimum absolute atomic E-state index is 0.0301. The summed E-state index contributed by atoms with van der Waals surface area (Å²) >= 11 is 5.71. The maximum absolute atomic E-state index is 10.8. The van der Waals surface area contributed by atoms with E-state index in [9.17, 15) is 14.9 Å². The van der Waals surface area contributed by atoms with Gasteiger partial charge >= 0.3 is 0 Å². The Kier molecular flexibility index (Phi) is 4.84. The summed E-state index contributed by atoms with van der Waals surface area (Å²) in [5.41, 5.74) is 0.729. The standard InChI is InChI=1S/C12H12ClNO3/c1-9(15)2-7-12(14(16)17)8-10-3-5-11(13)6-4-10/h3-6,8H,2,7H2,1H3/b12-8-. The van der Waals surface area contributed by atoms with Crippen molar-refractivity contribution in [3.8, 4) is 0 Å². The Balaban J connectivity index is 2.86. The number of nitrogens with zero attached hydrogens (tertiary/aromatic N) is 1. The van der Waals surface area contributed by atoms with Gasteiger partial charge in [-0.15, -0.1) is 0 Å². The molecule has 1 aromatic rings. The van der Waals surface area contributed by atoms with E-state index < -0.39 is 4.92 Å². The highest BCUT2D eigenvalue weighted by Crippen LogP contribution is 2.15. The number of carbonyl (C=O) groups excluding carboxylic acids is 1. The summed E-state index contributed by atoms with van der Waals surface area (Å²) in [6.07, 6.45) is 1.78. The van der Waals surface area contributed by atoms with Crippen molar-refractivity contribution < 1.29 is 9.72 Å². The SMILES string of the molecule is CC(=O)CC/C(=C/c1ccc(Cl)cc1)[N+](=O)[O-]. The van der Waals surface area contributed by atoms with E-state index in [4.69, 9.17) is 11.6 Å². The van der Waals surface area contributed by atoms with Crippen molar-refractivity contribution in [2.75, 3.05) is 0 Å². The van der Waals surface area contributed by atoms with Crippen molar-refractivity contribution >= 4 is 23.5 Å². The Morgan fingerprint density at radius 2 is 1.94 bits per heavy atom. The van der Waals surface area contributed by atoms with Crippen LogP contribution in [0.5, 0.6) is 0 Å². The lowest BCUT2D eigenvalue weighted by Gasteiger charge is -1.98. The first-order valence-electron chi connectivity index (χ1n) is 5.09. The van der Waals surface area contributed by atoms with Gasteiger partial charge in [0.25, 0.3) is 0 Å². The van der Waals surface area contributed by atoms with Gasteiger partial charge in [0.2, 0.25) is 5.70 Å². The van der Waals surface area contributed by atoms with Crippen molar-refractivity contribution in [2.24, 2.45) is 0 Å². The van der Waals surface area contributed by atoms with Gasteiger partial charge in [-0.05, 0) is 24.6 Å². The number of allylic oxidation sites excluding steroid dienone is 1. The minimum Gasteiger partial charge on any atom is -0.300 e. The molecule has 17 heavy (non-hydrogen) atoms. The van der Waals surface area contributed by atoms with Crippen molar-refractivity contribution in [3.63, 3.8) is 0 Å². The van der Waals surface area contributed by atoms with Crippen LogP contribution in [0.4, 0.5) is 0 Å². The number of benzene rings is 1. The fraction of sp³-hybridized carbons (Fsp3) is 0.250. The normalized spacial score (nSPS) is 11.3. The summed E-state index contributed by atoms with van der Waals surface area (Å²) in [6.45, 7) is 1.42. The van der Waals surface area contributed by atoms with E-state index in [1.54, 1.807) is 24.3 Å². The maximum atomic E-state index is 10.8. The summed E-state index contributed by atoms with van der Waals surface area (Å²) in [5, 5.41) is 11.4. The molecule has 1 aromatic carbocycles. The van der Waals surface area contributed by atoms with Crippen molar-refractivity contribution in [3.05, 3.63) is 50.7 Å². The molecular weight excluding hydrogens is 242 g/mol. The van der Waals surface area contributed by atoms with Gasteiger partial charge in [0.15, 0.2) is 0 Å². The third-order valence-corrected chi connectivity index (χ3v) is 2.42. The molecule has 0 bridgehead atoms. The van der Waals surface area contributed by atoms with Crippen LogP contribution >= 0.6 is 11.6 Å². The van der Waals surface area contributed by atoms with Gasteiger partial charge in [0, 0.05) is 23.9 Å². The van der Waals surface area contributed by atoms with Gasteiger partial charge in [-0.3, -0.25) is 10.1 Å². The number of hydrogen-bond donors (Lipinski definition) is 0. The largest absolute Gasteiger partial charge is 0.300 e. The fourth-order valence-corrected chi connectivity index (χ4v) is 1.40. The van der Waals surface area contributed by atoms with E-state index in [1.807, 2.05) is 0 Å². The molecule has 0 aliphatic rings. The monoisotopic (exact) mass is 253 g/mol. The lowest BCUT2D eigenvalue weighted by atomic mass is 10.1. The van der Waals surface area contributed by atoms with Crippen LogP contribution in [0.15, 0.2) is 30.0 Å². The topological polar surface area (TPSA) is 60.2 Å². The van der Waals surface area contributed by atoms with Gasteiger partial charge in [-0.2, -0.15) is 0 Å². The molecule has 0 saturated carbocycles. The van der Waals surface area contributed by atoms with Crippen LogP contribution in [0, 0.1) is 10.1 Å². The van der Waals surface area contributed by atoms with E-state index >= 15 is 0 Å². The molecule has 0 atom stereocenters. The number of nitro groups is 1. The average Bonchev–Trinajstić information content (AvgIpc) is 2.26. The Bertz CT molecular complexity index is 451. The summed E-state index contributed by atoms with van der Waals surface area (Å²) < 4.78 is 0. The third kappa shape index (κ3) is 4.78. The number of halogens is 1. The van der Waals surface area contributed by atoms with Crippen LogP contribution in [0.3, 0.4) is 0 Å². The number of rotatable bonds is 5. The van der Waals surface area contributed by atoms with Crippen LogP contribution in [-0.4, -0.2) is 10.7 Å². The van der Waals surface area contributed by atoms with Gasteiger partial charge in [0.05, 0.1) is 4.92 Å². The Hall–Kier alpha value is -1.68. The molecule has 5 heteroatoms. The second kappa shape index (κ2) is 6.15. The van der Waals surface area contributed by atoms with Crippen molar-refractivity contribution in [1.82, 2.24) is 0 Å². The third-order valence-electron chi connectivity index (χ3n) is 2.17. The average molecular weight is 254 g/mol. The predicted octanol–water partition coefficient (Wildman–Crippen LogP) is 3.33. The van der Waals surface area contributed by atoms with Gasteiger partial charge in [-0.1, -0.05) is 23.7 Å². The second-order valence-electron chi connectivity index (χ2n) is 3.65. The zero-order valence-corrected chi connectivity index (χ0v) is 10.1. The maximum Gasteiger partial charge on any atom is 0.247 e. The molecule has 0 aliphatic carbocycles. The van der Waals surface area contributed by atoms with Gasteiger partial charge in [-0.25, -0.2) is 0 Å². The summed E-state index contributed by atoms with van der Waals surface area (Å²) in [4.78, 5) is 21.1. The number of Topliss-reactive ketones (excluding diaryl/α,β-unsaturated/α-hetero) is 1. The Labute approximate surface area is 104 Å². The summed E-state index contributed by atoms with van der Waals surface area (Å²) in [6, 6.07) is 6.71. The molecule has 0 aromatic heterocycles. The first kappa shape index (κ1) is 13.4. The smallest absolute Gasteiger partial charge is 0.247 e. The summed E-state index contributed by atoms with van der Waals surface area (Å²) in [5.74, 6) is -0.0612. The molecule has 0 heterocycles. The van der Waals surface area contributed by atoms with E-state index in [-0.39, 0.29) is 24.3 Å². The molecule has 0 unspecified atom stereocenters. The highest BCUT2D eigenvalue weighted by Gasteiger charge is 2.11. The molecule has 0 amide bonds.